The van der Waals surface area contributed by atoms with Gasteiger partial charge in [-0.05, 0) is 32.9 Å². The summed E-state index contributed by atoms with van der Waals surface area (Å²) in [5.41, 5.74) is 1.64. The average Bonchev–Trinajstić information content (AvgIpc) is 2.88. The average molecular weight is 388 g/mol. The number of amides is 2. The van der Waals surface area contributed by atoms with Crippen molar-refractivity contribution >= 4 is 30.4 Å². The fraction of sp³-hybridized carbons (Fsp3) is 0.421. The number of anilines is 1. The predicted octanol–water partition coefficient (Wildman–Crippen LogP) is 3.25. The Morgan fingerprint density at radius 1 is 1.26 bits per heavy atom. The Hall–Kier alpha value is -2.48. The minimum Gasteiger partial charge on any atom is -0.444 e. The lowest BCUT2D eigenvalue weighted by Crippen LogP contribution is -2.40. The van der Waals surface area contributed by atoms with Crippen molar-refractivity contribution in [1.82, 2.24) is 14.7 Å². The third kappa shape index (κ3) is 4.27. The number of nitrogens with zero attached hydrogens (tertiary/aromatic N) is 3. The van der Waals surface area contributed by atoms with E-state index in [9.17, 15) is 9.59 Å². The Morgan fingerprint density at radius 3 is 2.63 bits per heavy atom. The molecule has 0 radical (unpaired) electrons. The number of fused-ring (bicyclic) bond motifs is 1. The first-order valence-corrected chi connectivity index (χ1v) is 9.22. The molecule has 2 aromatic rings. The van der Waals surface area contributed by atoms with E-state index in [1.54, 1.807) is 34.8 Å². The van der Waals surface area contributed by atoms with Gasteiger partial charge in [-0.2, -0.15) is 5.10 Å². The first-order valence-electron chi connectivity index (χ1n) is 8.78. The molecule has 1 aromatic heterocycles. The lowest BCUT2D eigenvalue weighted by Gasteiger charge is -2.29. The summed E-state index contributed by atoms with van der Waals surface area (Å²) in [6.07, 6.45) is 0.247. The molecule has 2 heterocycles. The number of aryl methyl sites for hydroxylation is 1. The summed E-state index contributed by atoms with van der Waals surface area (Å²) in [5, 5.41) is 7.41. The first kappa shape index (κ1) is 19.3. The van der Waals surface area contributed by atoms with Gasteiger partial charge in [0.2, 0.25) is 0 Å². The van der Waals surface area contributed by atoms with Crippen LogP contribution in [-0.4, -0.2) is 38.8 Å². The van der Waals surface area contributed by atoms with Crippen LogP contribution >= 0.6 is 12.6 Å². The van der Waals surface area contributed by atoms with Crippen molar-refractivity contribution in [3.05, 3.63) is 41.1 Å². The molecular formula is C19H24N4O3S. The predicted molar refractivity (Wildman–Crippen MR) is 105 cm³/mol. The molecule has 144 valence electrons. The van der Waals surface area contributed by atoms with Crippen LogP contribution in [0.2, 0.25) is 0 Å². The van der Waals surface area contributed by atoms with Crippen LogP contribution in [0.15, 0.2) is 29.2 Å². The number of benzene rings is 1. The smallest absolute Gasteiger partial charge is 0.410 e. The highest BCUT2D eigenvalue weighted by Crippen LogP contribution is 2.27. The largest absolute Gasteiger partial charge is 0.444 e. The zero-order valence-corrected chi connectivity index (χ0v) is 16.8. The van der Waals surface area contributed by atoms with Crippen molar-refractivity contribution in [2.24, 2.45) is 7.05 Å². The molecule has 0 bridgehead atoms. The van der Waals surface area contributed by atoms with Gasteiger partial charge >= 0.3 is 6.09 Å². The quantitative estimate of drug-likeness (QED) is 0.775. The van der Waals surface area contributed by atoms with E-state index in [-0.39, 0.29) is 12.0 Å². The molecule has 0 atom stereocenters. The molecule has 1 aliphatic rings. The van der Waals surface area contributed by atoms with Gasteiger partial charge in [-0.1, -0.05) is 12.1 Å². The second-order valence-corrected chi connectivity index (χ2v) is 8.00. The van der Waals surface area contributed by atoms with Crippen LogP contribution in [-0.2, 0) is 24.8 Å². The second-order valence-electron chi connectivity index (χ2n) is 7.52. The number of ether oxygens (including phenoxy) is 1. The highest BCUT2D eigenvalue weighted by molar-refractivity contribution is 7.80. The molecule has 0 unspecified atom stereocenters. The number of nitrogens with one attached hydrogen (secondary N) is 1. The normalized spacial score (nSPS) is 13.9. The van der Waals surface area contributed by atoms with Gasteiger partial charge in [0.15, 0.2) is 0 Å². The van der Waals surface area contributed by atoms with E-state index in [0.717, 1.165) is 11.3 Å². The molecule has 1 aliphatic heterocycles. The van der Waals surface area contributed by atoms with Crippen LogP contribution < -0.4 is 5.32 Å². The Labute approximate surface area is 164 Å². The molecule has 1 N–H and O–H groups in total. The first-order chi connectivity index (χ1) is 12.7. The molecule has 0 saturated carbocycles. The van der Waals surface area contributed by atoms with Crippen LogP contribution in [0.4, 0.5) is 10.6 Å². The summed E-state index contributed by atoms with van der Waals surface area (Å²) < 4.78 is 7.11. The van der Waals surface area contributed by atoms with Gasteiger partial charge in [-0.3, -0.25) is 9.48 Å². The van der Waals surface area contributed by atoms with E-state index in [0.29, 0.717) is 35.8 Å². The number of aromatic nitrogens is 2. The maximum atomic E-state index is 12.7. The van der Waals surface area contributed by atoms with Crippen LogP contribution in [0.25, 0.3) is 0 Å². The summed E-state index contributed by atoms with van der Waals surface area (Å²) in [7, 11) is 1.78. The number of thiol groups is 1. The number of hydrogen-bond donors (Lipinski definition) is 2. The number of hydrogen-bond acceptors (Lipinski definition) is 5. The molecule has 2 amide bonds. The molecule has 7 nitrogen and oxygen atoms in total. The SMILES string of the molecule is Cn1nc2c(c1NC(=O)c1ccccc1S)CN(C(=O)OC(C)(C)C)CC2. The second kappa shape index (κ2) is 7.26. The molecule has 0 aliphatic carbocycles. The Morgan fingerprint density at radius 2 is 1.96 bits per heavy atom. The van der Waals surface area contributed by atoms with Crippen LogP contribution in [0, 0.1) is 0 Å². The Balaban J connectivity index is 1.82. The zero-order chi connectivity index (χ0) is 19.8. The van der Waals surface area contributed by atoms with E-state index in [1.807, 2.05) is 26.8 Å². The minimum absolute atomic E-state index is 0.263. The van der Waals surface area contributed by atoms with E-state index in [1.165, 1.54) is 0 Å². The summed E-state index contributed by atoms with van der Waals surface area (Å²) >= 11 is 4.34. The van der Waals surface area contributed by atoms with Crippen LogP contribution in [0.5, 0.6) is 0 Å². The van der Waals surface area contributed by atoms with Gasteiger partial charge in [-0.15, -0.1) is 12.6 Å². The third-order valence-electron chi connectivity index (χ3n) is 4.23. The summed E-state index contributed by atoms with van der Waals surface area (Å²) in [6.45, 7) is 6.39. The number of carbonyl (C=O) groups is 2. The molecule has 1 aromatic carbocycles. The van der Waals surface area contributed by atoms with Gasteiger partial charge in [0.25, 0.3) is 5.91 Å². The topological polar surface area (TPSA) is 76.5 Å². The molecule has 8 heteroatoms. The Kier molecular flexibility index (Phi) is 5.19. The molecule has 0 spiro atoms. The van der Waals surface area contributed by atoms with E-state index in [2.05, 4.69) is 23.0 Å². The van der Waals surface area contributed by atoms with Crippen molar-refractivity contribution in [2.75, 3.05) is 11.9 Å². The van der Waals surface area contributed by atoms with Crippen molar-refractivity contribution < 1.29 is 14.3 Å². The highest BCUT2D eigenvalue weighted by Gasteiger charge is 2.30. The van der Waals surface area contributed by atoms with E-state index < -0.39 is 5.60 Å². The van der Waals surface area contributed by atoms with E-state index >= 15 is 0 Å². The highest BCUT2D eigenvalue weighted by atomic mass is 32.1. The fourth-order valence-corrected chi connectivity index (χ4v) is 3.24. The van der Waals surface area contributed by atoms with Crippen LogP contribution in [0.1, 0.15) is 42.4 Å². The number of rotatable bonds is 2. The minimum atomic E-state index is -0.556. The fourth-order valence-electron chi connectivity index (χ4n) is 2.98. The summed E-state index contributed by atoms with van der Waals surface area (Å²) in [5.74, 6) is 0.320. The van der Waals surface area contributed by atoms with Gasteiger partial charge in [0.05, 0.1) is 17.8 Å². The third-order valence-corrected chi connectivity index (χ3v) is 4.62. The van der Waals surface area contributed by atoms with Gasteiger partial charge in [0.1, 0.15) is 11.4 Å². The van der Waals surface area contributed by atoms with Crippen LogP contribution in [0.3, 0.4) is 0 Å². The molecular weight excluding hydrogens is 364 g/mol. The van der Waals surface area contributed by atoms with Crippen molar-refractivity contribution in [1.29, 1.82) is 0 Å². The van der Waals surface area contributed by atoms with Crippen molar-refractivity contribution in [3.63, 3.8) is 0 Å². The summed E-state index contributed by atoms with van der Waals surface area (Å²) in [4.78, 5) is 27.3. The lowest BCUT2D eigenvalue weighted by molar-refractivity contribution is 0.0224. The maximum Gasteiger partial charge on any atom is 0.410 e. The Bertz CT molecular complexity index is 886. The van der Waals surface area contributed by atoms with Gasteiger partial charge < -0.3 is 15.0 Å². The standard InChI is InChI=1S/C19H24N4O3S/c1-19(2,3)26-18(25)23-10-9-14-13(11-23)16(22(4)21-14)20-17(24)12-7-5-6-8-15(12)27/h5-8,27H,9-11H2,1-4H3,(H,20,24). The number of carbonyl (C=O) groups excluding carboxylic acids is 2. The molecule has 27 heavy (non-hydrogen) atoms. The van der Waals surface area contributed by atoms with Gasteiger partial charge in [-0.25, -0.2) is 4.79 Å². The molecule has 3 rings (SSSR count). The van der Waals surface area contributed by atoms with Crippen molar-refractivity contribution in [2.45, 2.75) is 44.2 Å². The van der Waals surface area contributed by atoms with E-state index in [4.69, 9.17) is 4.74 Å². The molecule has 0 saturated heterocycles. The zero-order valence-electron chi connectivity index (χ0n) is 15.9. The molecule has 0 fully saturated rings. The van der Waals surface area contributed by atoms with Crippen molar-refractivity contribution in [3.8, 4) is 0 Å². The monoisotopic (exact) mass is 388 g/mol. The lowest BCUT2D eigenvalue weighted by atomic mass is 10.1. The van der Waals surface area contributed by atoms with Gasteiger partial charge in [0, 0.05) is 30.5 Å². The maximum absolute atomic E-state index is 12.7. The summed E-state index contributed by atoms with van der Waals surface area (Å²) in [6, 6.07) is 7.09.